The normalized spacial score (nSPS) is 11.4. The van der Waals surface area contributed by atoms with E-state index in [1.54, 1.807) is 25.2 Å². The third-order valence-corrected chi connectivity index (χ3v) is 3.89. The van der Waals surface area contributed by atoms with E-state index in [4.69, 9.17) is 0 Å². The van der Waals surface area contributed by atoms with E-state index in [1.807, 2.05) is 12.1 Å². The minimum Gasteiger partial charge on any atom is -0.304 e. The molecule has 4 rings (SSSR count). The minimum atomic E-state index is -0.526. The van der Waals surface area contributed by atoms with Crippen LogP contribution < -0.4 is 15.6 Å². The van der Waals surface area contributed by atoms with E-state index in [0.29, 0.717) is 16.7 Å². The lowest BCUT2D eigenvalue weighted by Crippen LogP contribution is -2.36. The molecule has 7 heteroatoms. The largest absolute Gasteiger partial charge is 0.412 e. The molecule has 0 aliphatic rings. The van der Waals surface area contributed by atoms with E-state index in [2.05, 4.69) is 5.21 Å². The van der Waals surface area contributed by atoms with E-state index in [1.165, 1.54) is 27.3 Å². The van der Waals surface area contributed by atoms with Gasteiger partial charge in [0.25, 0.3) is 0 Å². The van der Waals surface area contributed by atoms with E-state index < -0.39 is 16.9 Å². The van der Waals surface area contributed by atoms with Crippen LogP contribution in [-0.2, 0) is 7.05 Å². The van der Waals surface area contributed by atoms with Gasteiger partial charge in [0, 0.05) is 13.1 Å². The summed E-state index contributed by atoms with van der Waals surface area (Å²) >= 11 is 0. The van der Waals surface area contributed by atoms with Gasteiger partial charge in [-0.3, -0.25) is 4.79 Å². The van der Waals surface area contributed by atoms with Crippen LogP contribution >= 0.6 is 0 Å². The molecule has 114 valence electrons. The van der Waals surface area contributed by atoms with Crippen molar-refractivity contribution in [2.24, 2.45) is 7.05 Å². The van der Waals surface area contributed by atoms with E-state index in [9.17, 15) is 14.0 Å². The van der Waals surface area contributed by atoms with Gasteiger partial charge >= 0.3 is 16.6 Å². The summed E-state index contributed by atoms with van der Waals surface area (Å²) in [5, 5.41) is 2.86. The van der Waals surface area contributed by atoms with Crippen LogP contribution in [-0.4, -0.2) is 14.5 Å². The lowest BCUT2D eigenvalue weighted by Gasteiger charge is -2.01. The molecule has 0 saturated heterocycles. The topological polar surface area (TPSA) is 63.9 Å². The zero-order chi connectivity index (χ0) is 16.1. The molecule has 2 heterocycles. The Balaban J connectivity index is 2.21. The maximum absolute atomic E-state index is 13.4. The lowest BCUT2D eigenvalue weighted by atomic mass is 10.3. The van der Waals surface area contributed by atoms with Gasteiger partial charge in [-0.1, -0.05) is 28.1 Å². The number of nitrogens with zero attached hydrogens (tertiary/aromatic N) is 3. The molecule has 0 bridgehead atoms. The summed E-state index contributed by atoms with van der Waals surface area (Å²) < 4.78 is 17.5. The molecular formula is C16H12FN4O2+. The van der Waals surface area contributed by atoms with Crippen LogP contribution in [0.4, 0.5) is 4.39 Å². The highest BCUT2D eigenvalue weighted by atomic mass is 19.1. The first kappa shape index (κ1) is 13.4. The summed E-state index contributed by atoms with van der Waals surface area (Å²) in [5.74, 6) is -0.462. The van der Waals surface area contributed by atoms with Gasteiger partial charge < -0.3 is 4.57 Å². The number of fused-ring (bicyclic) bond motifs is 3. The fourth-order valence-corrected chi connectivity index (χ4v) is 2.75. The van der Waals surface area contributed by atoms with Crippen molar-refractivity contribution in [2.45, 2.75) is 0 Å². The molecule has 2 aromatic heterocycles. The maximum Gasteiger partial charge on any atom is 0.412 e. The fraction of sp³-hybridized carbons (Fsp3) is 0.0625. The molecule has 0 aliphatic heterocycles. The molecule has 0 radical (unpaired) electrons. The number of halogens is 1. The number of H-pyrrole nitrogens is 1. The molecule has 0 unspecified atom stereocenters. The quantitative estimate of drug-likeness (QED) is 0.531. The second-order valence-corrected chi connectivity index (χ2v) is 5.26. The van der Waals surface area contributed by atoms with Crippen molar-refractivity contribution in [3.8, 4) is 5.69 Å². The van der Waals surface area contributed by atoms with Crippen LogP contribution in [0.25, 0.3) is 22.2 Å². The second-order valence-electron chi connectivity index (χ2n) is 5.26. The van der Waals surface area contributed by atoms with Gasteiger partial charge in [-0.05, 0) is 24.3 Å². The van der Waals surface area contributed by atoms with Gasteiger partial charge in [0.05, 0.1) is 5.52 Å². The third kappa shape index (κ3) is 1.83. The molecule has 0 fully saturated rings. The Bertz CT molecular complexity index is 1190. The molecule has 0 amide bonds. The first-order valence-corrected chi connectivity index (χ1v) is 6.98. The van der Waals surface area contributed by atoms with Crippen molar-refractivity contribution in [2.75, 3.05) is 0 Å². The van der Waals surface area contributed by atoms with E-state index in [0.717, 1.165) is 4.68 Å². The SMILES string of the molecule is Cn1c(=O)c2c(=O)n(-c3cccc(F)c3)[nH][n+]2c2ccccc21. The van der Waals surface area contributed by atoms with E-state index >= 15 is 0 Å². The Morgan fingerprint density at radius 2 is 1.83 bits per heavy atom. The summed E-state index contributed by atoms with van der Waals surface area (Å²) in [6, 6.07) is 12.8. The number of aryl methyl sites for hydroxylation is 1. The number of benzene rings is 2. The Morgan fingerprint density at radius 3 is 2.61 bits per heavy atom. The van der Waals surface area contributed by atoms with Crippen LogP contribution in [0.2, 0.25) is 0 Å². The van der Waals surface area contributed by atoms with Gasteiger partial charge in [0.1, 0.15) is 5.82 Å². The van der Waals surface area contributed by atoms with E-state index in [-0.39, 0.29) is 5.52 Å². The van der Waals surface area contributed by atoms with Crippen molar-refractivity contribution in [1.29, 1.82) is 0 Å². The number of hydrogen-bond donors (Lipinski definition) is 1. The standard InChI is InChI=1S/C16H11FN4O2/c1-19-12-7-2-3-8-13(12)21-14(15(19)22)16(23)20(18-21)11-6-4-5-10(17)9-11/h2-9H,1H3/p+1. The highest BCUT2D eigenvalue weighted by Crippen LogP contribution is 2.08. The number of para-hydroxylation sites is 2. The first-order valence-electron chi connectivity index (χ1n) is 6.98. The van der Waals surface area contributed by atoms with Crippen LogP contribution in [0.15, 0.2) is 58.1 Å². The highest BCUT2D eigenvalue weighted by molar-refractivity contribution is 5.72. The summed E-state index contributed by atoms with van der Waals surface area (Å²) in [5.41, 5.74) is 0.724. The molecular weight excluding hydrogens is 299 g/mol. The van der Waals surface area contributed by atoms with Crippen molar-refractivity contribution >= 4 is 16.6 Å². The van der Waals surface area contributed by atoms with Gasteiger partial charge in [-0.25, -0.2) is 9.18 Å². The molecule has 0 aliphatic carbocycles. The third-order valence-electron chi connectivity index (χ3n) is 3.89. The van der Waals surface area contributed by atoms with Crippen molar-refractivity contribution in [3.05, 3.63) is 75.1 Å². The monoisotopic (exact) mass is 311 g/mol. The second kappa shape index (κ2) is 4.64. The molecule has 0 spiro atoms. The number of aromatic amines is 1. The van der Waals surface area contributed by atoms with Gasteiger partial charge in [-0.15, -0.1) is 4.52 Å². The Kier molecular flexibility index (Phi) is 2.71. The Hall–Kier alpha value is -3.22. The molecule has 2 aromatic carbocycles. The average Bonchev–Trinajstić information content (AvgIpc) is 2.90. The Morgan fingerprint density at radius 1 is 1.04 bits per heavy atom. The van der Waals surface area contributed by atoms with Gasteiger partial charge in [0.15, 0.2) is 11.2 Å². The predicted octanol–water partition coefficient (Wildman–Crippen LogP) is 0.895. The number of rotatable bonds is 1. The lowest BCUT2D eigenvalue weighted by molar-refractivity contribution is -0.556. The molecule has 4 aromatic rings. The number of hydrogen-bond acceptors (Lipinski definition) is 2. The Labute approximate surface area is 128 Å². The zero-order valence-corrected chi connectivity index (χ0v) is 12.2. The van der Waals surface area contributed by atoms with Crippen molar-refractivity contribution < 1.29 is 8.91 Å². The molecule has 1 N–H and O–H groups in total. The summed E-state index contributed by atoms with van der Waals surface area (Å²) in [7, 11) is 1.61. The van der Waals surface area contributed by atoms with Crippen LogP contribution in [0.5, 0.6) is 0 Å². The van der Waals surface area contributed by atoms with Gasteiger partial charge in [0.2, 0.25) is 0 Å². The summed E-state index contributed by atoms with van der Waals surface area (Å²) in [6.07, 6.45) is 0. The molecule has 0 saturated carbocycles. The smallest absolute Gasteiger partial charge is 0.304 e. The van der Waals surface area contributed by atoms with Crippen LogP contribution in [0, 0.1) is 5.82 Å². The van der Waals surface area contributed by atoms with Gasteiger partial charge in [-0.2, -0.15) is 0 Å². The van der Waals surface area contributed by atoms with Crippen LogP contribution in [0.1, 0.15) is 0 Å². The summed E-state index contributed by atoms with van der Waals surface area (Å²) in [6.45, 7) is 0. The molecule has 0 atom stereocenters. The average molecular weight is 311 g/mol. The van der Waals surface area contributed by atoms with Crippen molar-refractivity contribution in [1.82, 2.24) is 14.5 Å². The fourth-order valence-electron chi connectivity index (χ4n) is 2.75. The minimum absolute atomic E-state index is 0.0181. The molecule has 6 nitrogen and oxygen atoms in total. The van der Waals surface area contributed by atoms with Crippen molar-refractivity contribution in [3.63, 3.8) is 0 Å². The maximum atomic E-state index is 13.4. The highest BCUT2D eigenvalue weighted by Gasteiger charge is 2.24. The molecule has 23 heavy (non-hydrogen) atoms. The zero-order valence-electron chi connectivity index (χ0n) is 12.2. The first-order chi connectivity index (χ1) is 11.1. The number of nitrogens with one attached hydrogen (secondary N) is 1. The summed E-state index contributed by atoms with van der Waals surface area (Å²) in [4.78, 5) is 25.1. The van der Waals surface area contributed by atoms with Crippen LogP contribution in [0.3, 0.4) is 0 Å². The number of aromatic nitrogens is 4. The predicted molar refractivity (Wildman–Crippen MR) is 82.3 cm³/mol.